The quantitative estimate of drug-likeness (QED) is 0.302. The molecule has 196 valence electrons. The molecule has 0 spiro atoms. The van der Waals surface area contributed by atoms with E-state index in [-0.39, 0.29) is 29.1 Å². The molecule has 3 aromatic carbocycles. The minimum atomic E-state index is -0.723. The van der Waals surface area contributed by atoms with Crippen molar-refractivity contribution in [3.8, 4) is 0 Å². The summed E-state index contributed by atoms with van der Waals surface area (Å²) in [6.07, 6.45) is 0. The minimum absolute atomic E-state index is 0.191. The number of anilines is 2. The van der Waals surface area contributed by atoms with Crippen LogP contribution in [-0.2, 0) is 20.9 Å². The van der Waals surface area contributed by atoms with E-state index in [2.05, 4.69) is 21.2 Å². The Morgan fingerprint density at radius 3 is 2.31 bits per heavy atom. The largest absolute Gasteiger partial charge is 0.325 e. The van der Waals surface area contributed by atoms with E-state index in [1.165, 1.54) is 21.2 Å². The van der Waals surface area contributed by atoms with Gasteiger partial charge in [-0.05, 0) is 48.9 Å². The van der Waals surface area contributed by atoms with Gasteiger partial charge >= 0.3 is 4.87 Å². The molecule has 0 radical (unpaired) electrons. The van der Waals surface area contributed by atoms with E-state index in [0.717, 1.165) is 26.9 Å². The molecule has 3 unspecified atom stereocenters. The molecule has 0 aliphatic carbocycles. The molecule has 1 saturated heterocycles. The van der Waals surface area contributed by atoms with E-state index in [1.54, 1.807) is 24.3 Å². The molecule has 3 amide bonds. The van der Waals surface area contributed by atoms with Gasteiger partial charge in [-0.25, -0.2) is 4.90 Å². The second-order valence-electron chi connectivity index (χ2n) is 9.48. The lowest BCUT2D eigenvalue weighted by atomic mass is 9.83. The van der Waals surface area contributed by atoms with Gasteiger partial charge in [0, 0.05) is 21.0 Å². The Hall–Kier alpha value is -3.47. The molecular weight excluding hydrogens is 598 g/mol. The number of carbonyl (C=O) groups is 3. The van der Waals surface area contributed by atoms with Crippen LogP contribution in [0.5, 0.6) is 0 Å². The third-order valence-corrected chi connectivity index (χ3v) is 10.1. The maximum absolute atomic E-state index is 13.9. The number of imide groups is 1. The highest BCUT2D eigenvalue weighted by Gasteiger charge is 2.56. The Morgan fingerprint density at radius 2 is 1.62 bits per heavy atom. The van der Waals surface area contributed by atoms with Gasteiger partial charge < -0.3 is 5.32 Å². The van der Waals surface area contributed by atoms with E-state index in [0.29, 0.717) is 21.3 Å². The fraction of sp³-hybridized carbons (Fsp3) is 0.172. The van der Waals surface area contributed by atoms with E-state index >= 15 is 0 Å². The maximum atomic E-state index is 13.9. The molecule has 39 heavy (non-hydrogen) atoms. The molecule has 2 aliphatic heterocycles. The van der Waals surface area contributed by atoms with Crippen molar-refractivity contribution in [1.82, 2.24) is 4.57 Å². The smallest absolute Gasteiger partial charge is 0.308 e. The van der Waals surface area contributed by atoms with Crippen molar-refractivity contribution in [3.63, 3.8) is 0 Å². The summed E-state index contributed by atoms with van der Waals surface area (Å²) in [5.41, 5.74) is 3.07. The number of amides is 3. The zero-order valence-electron chi connectivity index (χ0n) is 20.7. The van der Waals surface area contributed by atoms with Crippen LogP contribution in [0.3, 0.4) is 0 Å². The molecule has 1 N–H and O–H groups in total. The molecule has 7 nitrogen and oxygen atoms in total. The van der Waals surface area contributed by atoms with Gasteiger partial charge in [0.25, 0.3) is 0 Å². The Labute approximate surface area is 241 Å². The third kappa shape index (κ3) is 4.66. The summed E-state index contributed by atoms with van der Waals surface area (Å²) in [5, 5.41) is 2.69. The molecule has 10 heteroatoms. The van der Waals surface area contributed by atoms with Gasteiger partial charge in [0.2, 0.25) is 17.7 Å². The average molecular weight is 621 g/mol. The number of benzene rings is 3. The van der Waals surface area contributed by atoms with Crippen molar-refractivity contribution in [2.75, 3.05) is 10.2 Å². The number of halogens is 1. The fourth-order valence-corrected chi connectivity index (χ4v) is 8.14. The molecule has 1 fully saturated rings. The molecule has 3 heterocycles. The van der Waals surface area contributed by atoms with Crippen molar-refractivity contribution >= 4 is 68.1 Å². The zero-order chi connectivity index (χ0) is 27.3. The third-order valence-electron chi connectivity index (χ3n) is 6.93. The molecule has 3 atom stereocenters. The number of thiazole rings is 1. The number of fused-ring (bicyclic) bond motifs is 2. The first-order chi connectivity index (χ1) is 18.8. The second-order valence-corrected chi connectivity index (χ2v) is 12.5. The van der Waals surface area contributed by atoms with Crippen molar-refractivity contribution in [1.29, 1.82) is 0 Å². The molecule has 6 rings (SSSR count). The normalized spacial score (nSPS) is 20.1. The van der Waals surface area contributed by atoms with Gasteiger partial charge in [-0.15, -0.1) is 0 Å². The molecule has 4 aromatic rings. The number of nitrogens with zero attached hydrogens (tertiary/aromatic N) is 2. The van der Waals surface area contributed by atoms with Crippen LogP contribution in [-0.4, -0.2) is 27.5 Å². The Balaban J connectivity index is 1.39. The van der Waals surface area contributed by atoms with Crippen LogP contribution in [0.4, 0.5) is 11.4 Å². The highest BCUT2D eigenvalue weighted by atomic mass is 79.9. The maximum Gasteiger partial charge on any atom is 0.308 e. The van der Waals surface area contributed by atoms with Gasteiger partial charge in [0.1, 0.15) is 11.8 Å². The number of thioether (sulfide) groups is 1. The van der Waals surface area contributed by atoms with Crippen LogP contribution in [0.25, 0.3) is 0 Å². The highest BCUT2D eigenvalue weighted by Crippen LogP contribution is 2.53. The summed E-state index contributed by atoms with van der Waals surface area (Å²) in [6, 6.07) is 24.0. The SMILES string of the molecule is Cc1ccc(NC(=O)Cn2c3c(sc2=O)C(c2ccccc2)C2C(=O)N(c4ccc(Br)cc4)C(=O)C2S3)cc1. The second kappa shape index (κ2) is 10.3. The monoisotopic (exact) mass is 619 g/mol. The number of carbonyl (C=O) groups excluding carboxylic acids is 3. The molecule has 0 saturated carbocycles. The van der Waals surface area contributed by atoms with Crippen LogP contribution < -0.4 is 15.1 Å². The van der Waals surface area contributed by atoms with Crippen molar-refractivity contribution in [2.24, 2.45) is 5.92 Å². The summed E-state index contributed by atoms with van der Waals surface area (Å²) in [7, 11) is 0. The lowest BCUT2D eigenvalue weighted by molar-refractivity contribution is -0.122. The van der Waals surface area contributed by atoms with E-state index in [9.17, 15) is 19.2 Å². The zero-order valence-corrected chi connectivity index (χ0v) is 23.9. The number of hydrogen-bond acceptors (Lipinski definition) is 6. The van der Waals surface area contributed by atoms with Crippen LogP contribution in [0.1, 0.15) is 21.9 Å². The number of aromatic nitrogens is 1. The standard InChI is InChI=1S/C29H22BrN3O4S2/c1-16-7-11-19(12-8-16)31-21(34)15-32-28-25(39-29(32)37)22(17-5-3-2-4-6-17)23-24(38-28)27(36)33(26(23)35)20-13-9-18(30)10-14-20/h2-14,22-24H,15H2,1H3,(H,31,34). The topological polar surface area (TPSA) is 88.5 Å². The van der Waals surface area contributed by atoms with Crippen LogP contribution >= 0.6 is 39.0 Å². The van der Waals surface area contributed by atoms with Gasteiger partial charge in [-0.3, -0.25) is 23.7 Å². The van der Waals surface area contributed by atoms with Crippen LogP contribution in [0.15, 0.2) is 93.2 Å². The molecule has 1 aromatic heterocycles. The Kier molecular flexibility index (Phi) is 6.78. The predicted octanol–water partition coefficient (Wildman–Crippen LogP) is 5.42. The van der Waals surface area contributed by atoms with Crippen molar-refractivity contribution < 1.29 is 14.4 Å². The van der Waals surface area contributed by atoms with Crippen LogP contribution in [0, 0.1) is 12.8 Å². The van der Waals surface area contributed by atoms with Gasteiger partial charge in [-0.1, -0.05) is 87.1 Å². The van der Waals surface area contributed by atoms with E-state index < -0.39 is 17.1 Å². The van der Waals surface area contributed by atoms with E-state index in [4.69, 9.17) is 0 Å². The Bertz CT molecular complexity index is 1650. The number of nitrogens with one attached hydrogen (secondary N) is 1. The number of hydrogen-bond donors (Lipinski definition) is 1. The fourth-order valence-electron chi connectivity index (χ4n) is 5.10. The highest BCUT2D eigenvalue weighted by molar-refractivity contribution is 9.10. The number of aryl methyl sites for hydroxylation is 1. The summed E-state index contributed by atoms with van der Waals surface area (Å²) >= 11 is 5.65. The first kappa shape index (κ1) is 25.8. The lowest BCUT2D eigenvalue weighted by Crippen LogP contribution is -2.33. The van der Waals surface area contributed by atoms with Crippen molar-refractivity contribution in [2.45, 2.75) is 29.7 Å². The summed E-state index contributed by atoms with van der Waals surface area (Å²) in [4.78, 5) is 55.4. The number of rotatable bonds is 5. The predicted molar refractivity (Wildman–Crippen MR) is 156 cm³/mol. The van der Waals surface area contributed by atoms with E-state index in [1.807, 2.05) is 61.5 Å². The minimum Gasteiger partial charge on any atom is -0.325 e. The Morgan fingerprint density at radius 1 is 0.923 bits per heavy atom. The first-order valence-corrected chi connectivity index (χ1v) is 14.8. The summed E-state index contributed by atoms with van der Waals surface area (Å²) in [5.74, 6) is -2.11. The van der Waals surface area contributed by atoms with Gasteiger partial charge in [0.05, 0.1) is 16.6 Å². The average Bonchev–Trinajstić information content (AvgIpc) is 3.37. The molecule has 2 aliphatic rings. The summed E-state index contributed by atoms with van der Waals surface area (Å²) in [6.45, 7) is 1.77. The lowest BCUT2D eigenvalue weighted by Gasteiger charge is -2.30. The van der Waals surface area contributed by atoms with Crippen molar-refractivity contribution in [3.05, 3.63) is 109 Å². The van der Waals surface area contributed by atoms with Gasteiger partial charge in [0.15, 0.2) is 0 Å². The first-order valence-electron chi connectivity index (χ1n) is 12.3. The molecule has 0 bridgehead atoms. The van der Waals surface area contributed by atoms with Gasteiger partial charge in [-0.2, -0.15) is 0 Å². The molecular formula is C29H22BrN3O4S2. The summed E-state index contributed by atoms with van der Waals surface area (Å²) < 4.78 is 2.27. The van der Waals surface area contributed by atoms with Crippen LogP contribution in [0.2, 0.25) is 0 Å².